The first kappa shape index (κ1) is 21.4. The van der Waals surface area contributed by atoms with Crippen LogP contribution in [0.1, 0.15) is 24.8 Å². The summed E-state index contributed by atoms with van der Waals surface area (Å²) in [5.41, 5.74) is -0.322. The number of carbonyl (C=O) groups is 3. The summed E-state index contributed by atoms with van der Waals surface area (Å²) < 4.78 is 0. The highest BCUT2D eigenvalue weighted by molar-refractivity contribution is 6.38. The van der Waals surface area contributed by atoms with Gasteiger partial charge >= 0.3 is 0 Å². The summed E-state index contributed by atoms with van der Waals surface area (Å²) in [5.74, 6) is -2.84. The fourth-order valence-corrected chi connectivity index (χ4v) is 7.76. The third-order valence-electron chi connectivity index (χ3n) is 8.20. The molecular formula is C23H16Cl4N4O3. The van der Waals surface area contributed by atoms with Gasteiger partial charge in [0.25, 0.3) is 5.91 Å². The minimum atomic E-state index is -1.38. The van der Waals surface area contributed by atoms with E-state index in [1.807, 2.05) is 0 Å². The molecule has 4 atom stereocenters. The minimum Gasteiger partial charge on any atom is -0.323 e. The number of nitrogens with zero attached hydrogens (tertiary/aromatic N) is 3. The van der Waals surface area contributed by atoms with Gasteiger partial charge in [-0.3, -0.25) is 19.3 Å². The molecule has 1 aromatic heterocycles. The number of fused-ring (bicyclic) bond motifs is 7. The Kier molecular flexibility index (Phi) is 4.18. The Morgan fingerprint density at radius 1 is 0.971 bits per heavy atom. The van der Waals surface area contributed by atoms with Crippen molar-refractivity contribution in [3.8, 4) is 0 Å². The van der Waals surface area contributed by atoms with Gasteiger partial charge in [0.05, 0.1) is 22.5 Å². The van der Waals surface area contributed by atoms with Crippen molar-refractivity contribution in [3.63, 3.8) is 0 Å². The summed E-state index contributed by atoms with van der Waals surface area (Å²) >= 11 is 25.1. The van der Waals surface area contributed by atoms with E-state index in [0.29, 0.717) is 27.8 Å². The molecule has 7 nitrogen and oxygen atoms in total. The van der Waals surface area contributed by atoms with Crippen molar-refractivity contribution >= 4 is 75.6 Å². The summed E-state index contributed by atoms with van der Waals surface area (Å²) in [5, 5.41) is 3.87. The number of halogens is 4. The van der Waals surface area contributed by atoms with Crippen LogP contribution in [0.25, 0.3) is 0 Å². The molecule has 3 saturated heterocycles. The summed E-state index contributed by atoms with van der Waals surface area (Å²) in [6.07, 6.45) is 2.83. The smallest absolute Gasteiger partial charge is 0.250 e. The molecule has 1 N–H and O–H groups in total. The fourth-order valence-electron chi connectivity index (χ4n) is 6.76. The highest BCUT2D eigenvalue weighted by Crippen LogP contribution is 2.67. The van der Waals surface area contributed by atoms with Crippen LogP contribution in [-0.4, -0.2) is 40.2 Å². The molecule has 34 heavy (non-hydrogen) atoms. The Bertz CT molecular complexity index is 1340. The van der Waals surface area contributed by atoms with Crippen molar-refractivity contribution < 1.29 is 14.4 Å². The molecule has 4 fully saturated rings. The zero-order valence-electron chi connectivity index (χ0n) is 17.4. The lowest BCUT2D eigenvalue weighted by atomic mass is 9.74. The average molecular weight is 538 g/mol. The first-order valence-corrected chi connectivity index (χ1v) is 12.5. The summed E-state index contributed by atoms with van der Waals surface area (Å²) in [6.45, 7) is 0.642. The van der Waals surface area contributed by atoms with Gasteiger partial charge in [0.15, 0.2) is 0 Å². The first-order chi connectivity index (χ1) is 16.2. The van der Waals surface area contributed by atoms with E-state index in [2.05, 4.69) is 15.2 Å². The zero-order chi connectivity index (χ0) is 23.7. The van der Waals surface area contributed by atoms with Crippen LogP contribution in [0.3, 0.4) is 0 Å². The van der Waals surface area contributed by atoms with Gasteiger partial charge in [0.1, 0.15) is 16.5 Å². The Labute approximate surface area is 214 Å². The second-order valence-electron chi connectivity index (χ2n) is 9.91. The molecular weight excluding hydrogens is 522 g/mol. The third kappa shape index (κ3) is 2.49. The van der Waals surface area contributed by atoms with Crippen molar-refractivity contribution in [1.29, 1.82) is 0 Å². The van der Waals surface area contributed by atoms with Crippen molar-refractivity contribution in [2.75, 3.05) is 16.8 Å². The molecule has 2 spiro atoms. The van der Waals surface area contributed by atoms with E-state index in [0.717, 1.165) is 24.2 Å². The lowest BCUT2D eigenvalue weighted by Gasteiger charge is -2.37. The lowest BCUT2D eigenvalue weighted by molar-refractivity contribution is -0.135. The van der Waals surface area contributed by atoms with E-state index in [1.165, 1.54) is 12.1 Å². The van der Waals surface area contributed by atoms with Crippen molar-refractivity contribution in [2.24, 2.45) is 17.3 Å². The molecule has 11 heteroatoms. The number of nitrogens with one attached hydrogen (secondary N) is 1. The van der Waals surface area contributed by atoms with Crippen molar-refractivity contribution in [2.45, 2.75) is 30.8 Å². The molecule has 3 unspecified atom stereocenters. The molecule has 1 saturated carbocycles. The SMILES string of the molecule is O=C1C2C3CC4(CC4)CN3C3(C(=O)Nc4c(Cl)cc(Cl)cc43)[C@@H]2C(=O)N1c1cc(Cl)cc(Cl)n1. The molecule has 3 amide bonds. The Balaban J connectivity index is 1.46. The van der Waals surface area contributed by atoms with E-state index < -0.39 is 23.3 Å². The highest BCUT2D eigenvalue weighted by atomic mass is 35.5. The molecule has 0 bridgehead atoms. The van der Waals surface area contributed by atoms with Crippen LogP contribution in [0.2, 0.25) is 20.2 Å². The maximum atomic E-state index is 14.0. The van der Waals surface area contributed by atoms with Gasteiger partial charge in [0.2, 0.25) is 11.8 Å². The van der Waals surface area contributed by atoms with Gasteiger partial charge in [-0.1, -0.05) is 46.4 Å². The number of imide groups is 1. The Morgan fingerprint density at radius 2 is 1.71 bits per heavy atom. The summed E-state index contributed by atoms with van der Waals surface area (Å²) in [6, 6.07) is 5.84. The molecule has 5 heterocycles. The number of benzene rings is 1. The van der Waals surface area contributed by atoms with Gasteiger partial charge in [-0.2, -0.15) is 0 Å². The lowest BCUT2D eigenvalue weighted by Crippen LogP contribution is -2.54. The molecule has 1 aromatic carbocycles. The van der Waals surface area contributed by atoms with Gasteiger partial charge in [0, 0.05) is 34.3 Å². The maximum Gasteiger partial charge on any atom is 0.250 e. The topological polar surface area (TPSA) is 82.6 Å². The predicted octanol–water partition coefficient (Wildman–Crippen LogP) is 4.52. The Morgan fingerprint density at radius 3 is 2.41 bits per heavy atom. The van der Waals surface area contributed by atoms with Crippen LogP contribution in [0.5, 0.6) is 0 Å². The highest BCUT2D eigenvalue weighted by Gasteiger charge is 2.77. The number of pyridine rings is 1. The molecule has 5 aliphatic rings. The van der Waals surface area contributed by atoms with Crippen LogP contribution in [-0.2, 0) is 19.9 Å². The average Bonchev–Trinajstić information content (AvgIpc) is 3.04. The van der Waals surface area contributed by atoms with E-state index in [4.69, 9.17) is 46.4 Å². The van der Waals surface area contributed by atoms with E-state index >= 15 is 0 Å². The zero-order valence-corrected chi connectivity index (χ0v) is 20.5. The van der Waals surface area contributed by atoms with E-state index in [1.54, 1.807) is 12.1 Å². The van der Waals surface area contributed by atoms with Crippen LogP contribution < -0.4 is 10.2 Å². The first-order valence-electron chi connectivity index (χ1n) is 10.9. The number of rotatable bonds is 1. The fraction of sp³-hybridized carbons (Fsp3) is 0.391. The number of carbonyl (C=O) groups excluding carboxylic acids is 3. The second kappa shape index (κ2) is 6.65. The molecule has 0 radical (unpaired) electrons. The monoisotopic (exact) mass is 536 g/mol. The number of amides is 3. The maximum absolute atomic E-state index is 14.0. The number of hydrogen-bond acceptors (Lipinski definition) is 5. The summed E-state index contributed by atoms with van der Waals surface area (Å²) in [7, 11) is 0. The minimum absolute atomic E-state index is 0.0606. The number of anilines is 2. The molecule has 7 rings (SSSR count). The Hall–Kier alpha value is -1.90. The molecule has 2 aromatic rings. The van der Waals surface area contributed by atoms with Crippen LogP contribution in [0, 0.1) is 17.3 Å². The molecule has 1 aliphatic carbocycles. The van der Waals surface area contributed by atoms with Gasteiger partial charge in [-0.25, -0.2) is 9.88 Å². The molecule has 174 valence electrons. The third-order valence-corrected chi connectivity index (χ3v) is 9.13. The van der Waals surface area contributed by atoms with Crippen LogP contribution >= 0.6 is 46.4 Å². The second-order valence-corrected chi connectivity index (χ2v) is 11.6. The number of hydrogen-bond donors (Lipinski definition) is 1. The van der Waals surface area contributed by atoms with Gasteiger partial charge < -0.3 is 5.32 Å². The van der Waals surface area contributed by atoms with Crippen molar-refractivity contribution in [1.82, 2.24) is 9.88 Å². The molecule has 4 aliphatic heterocycles. The van der Waals surface area contributed by atoms with Crippen LogP contribution in [0.4, 0.5) is 11.5 Å². The quantitative estimate of drug-likeness (QED) is 0.427. The van der Waals surface area contributed by atoms with E-state index in [-0.39, 0.29) is 39.3 Å². The van der Waals surface area contributed by atoms with Crippen molar-refractivity contribution in [3.05, 3.63) is 50.0 Å². The number of aromatic nitrogens is 1. The van der Waals surface area contributed by atoms with Crippen LogP contribution in [0.15, 0.2) is 24.3 Å². The van der Waals surface area contributed by atoms with Gasteiger partial charge in [-0.15, -0.1) is 0 Å². The van der Waals surface area contributed by atoms with E-state index in [9.17, 15) is 14.4 Å². The largest absolute Gasteiger partial charge is 0.323 e. The normalized spacial score (nSPS) is 32.5. The summed E-state index contributed by atoms with van der Waals surface area (Å²) in [4.78, 5) is 49.0. The standard InChI is InChI=1S/C23H16Cl4N4O3/c24-9-3-11-18(12(26)4-9)29-21(34)23(11)17-16(13-7-22(1-2-22)8-30(13)23)19(32)31(20(17)33)15-6-10(25)5-14(27)28-15/h3-6,13,16-17H,1-2,7-8H2,(H,29,34)/t13?,16?,17-,23?/m0/s1. The predicted molar refractivity (Wildman–Crippen MR) is 127 cm³/mol. The van der Waals surface area contributed by atoms with Gasteiger partial charge in [-0.05, 0) is 42.9 Å².